The number of amides is 1. The molecule has 2 aromatic carbocycles. The largest absolute Gasteiger partial charge is 0.375 e. The van der Waals surface area contributed by atoms with E-state index in [2.05, 4.69) is 46.4 Å². The Hall–Kier alpha value is -2.90. The number of carbonyl (C=O) groups is 1. The fourth-order valence-corrected chi connectivity index (χ4v) is 3.69. The second kappa shape index (κ2) is 11.1. The van der Waals surface area contributed by atoms with E-state index in [1.54, 1.807) is 18.3 Å². The molecule has 7 heteroatoms. The number of pyridine rings is 1. The van der Waals surface area contributed by atoms with Gasteiger partial charge in [-0.05, 0) is 48.4 Å². The van der Waals surface area contributed by atoms with E-state index in [0.717, 1.165) is 36.4 Å². The van der Waals surface area contributed by atoms with Crippen molar-refractivity contribution in [2.24, 2.45) is 0 Å². The second-order valence-electron chi connectivity index (χ2n) is 7.80. The quantitative estimate of drug-likeness (QED) is 0.611. The molecule has 1 N–H and O–H groups in total. The number of aromatic nitrogens is 1. The maximum Gasteiger partial charge on any atom is 0.226 e. The van der Waals surface area contributed by atoms with Gasteiger partial charge in [0.2, 0.25) is 5.91 Å². The molecular formula is C25H28FN3O2S. The third-order valence-corrected chi connectivity index (χ3v) is 5.35. The van der Waals surface area contributed by atoms with Crippen LogP contribution in [0.1, 0.15) is 18.2 Å². The van der Waals surface area contributed by atoms with Crippen molar-refractivity contribution < 1.29 is 13.9 Å². The van der Waals surface area contributed by atoms with E-state index in [1.807, 2.05) is 12.1 Å². The predicted octanol–water partition coefficient (Wildman–Crippen LogP) is 4.08. The summed E-state index contributed by atoms with van der Waals surface area (Å²) in [5.74, 6) is -0.454. The van der Waals surface area contributed by atoms with E-state index in [1.165, 1.54) is 17.8 Å². The number of halogens is 1. The third kappa shape index (κ3) is 6.31. The Morgan fingerprint density at radius 2 is 1.94 bits per heavy atom. The molecule has 0 unspecified atom stereocenters. The van der Waals surface area contributed by atoms with Gasteiger partial charge < -0.3 is 15.0 Å². The standard InChI is InChI=1S/C25H26FN3O2.H2S/c1-18-17-29(11-12-31-18)24-9-6-20(7-10-24)21-5-8-23(27-16-21)14-25(30)28-15-19-3-2-4-22(26)13-19;/h2-10,13,16,18H,11-12,14-15,17H2,1H3,(H,28,30);1H2/t18-;/m0./s1. The molecule has 4 rings (SSSR count). The zero-order valence-electron chi connectivity index (χ0n) is 18.1. The van der Waals surface area contributed by atoms with Crippen LogP contribution in [0.25, 0.3) is 11.1 Å². The summed E-state index contributed by atoms with van der Waals surface area (Å²) in [6.07, 6.45) is 2.22. The van der Waals surface area contributed by atoms with Crippen LogP contribution in [0.3, 0.4) is 0 Å². The maximum atomic E-state index is 13.2. The van der Waals surface area contributed by atoms with Gasteiger partial charge in [-0.2, -0.15) is 13.5 Å². The van der Waals surface area contributed by atoms with Crippen molar-refractivity contribution in [3.05, 3.63) is 83.9 Å². The highest BCUT2D eigenvalue weighted by Gasteiger charge is 2.16. The molecule has 0 radical (unpaired) electrons. The van der Waals surface area contributed by atoms with Crippen LogP contribution in [-0.4, -0.2) is 36.7 Å². The Kier molecular flexibility index (Phi) is 8.25. The summed E-state index contributed by atoms with van der Waals surface area (Å²) in [7, 11) is 0. The number of ether oxygens (including phenoxy) is 1. The Morgan fingerprint density at radius 1 is 1.16 bits per heavy atom. The van der Waals surface area contributed by atoms with Crippen LogP contribution >= 0.6 is 13.5 Å². The number of carbonyl (C=O) groups excluding carboxylic acids is 1. The summed E-state index contributed by atoms with van der Waals surface area (Å²) < 4.78 is 18.8. The molecule has 32 heavy (non-hydrogen) atoms. The van der Waals surface area contributed by atoms with E-state index in [9.17, 15) is 9.18 Å². The summed E-state index contributed by atoms with van der Waals surface area (Å²) in [5, 5.41) is 2.80. The molecule has 1 fully saturated rings. The molecule has 1 atom stereocenters. The molecule has 168 valence electrons. The molecule has 2 heterocycles. The van der Waals surface area contributed by atoms with Gasteiger partial charge in [-0.1, -0.05) is 30.3 Å². The van der Waals surface area contributed by atoms with Gasteiger partial charge in [0.25, 0.3) is 0 Å². The van der Waals surface area contributed by atoms with Crippen LogP contribution < -0.4 is 10.2 Å². The number of rotatable bonds is 6. The van der Waals surface area contributed by atoms with Crippen molar-refractivity contribution in [1.29, 1.82) is 0 Å². The van der Waals surface area contributed by atoms with Crippen LogP contribution in [0.2, 0.25) is 0 Å². The SMILES string of the molecule is C[C@H]1CN(c2ccc(-c3ccc(CC(=O)NCc4cccc(F)c4)nc3)cc2)CCO1.S. The van der Waals surface area contributed by atoms with Gasteiger partial charge in [0, 0.05) is 42.8 Å². The molecular weight excluding hydrogens is 425 g/mol. The second-order valence-corrected chi connectivity index (χ2v) is 7.80. The molecule has 0 aliphatic carbocycles. The van der Waals surface area contributed by atoms with Crippen LogP contribution in [0.4, 0.5) is 10.1 Å². The van der Waals surface area contributed by atoms with E-state index in [0.29, 0.717) is 12.2 Å². The van der Waals surface area contributed by atoms with Crippen molar-refractivity contribution >= 4 is 25.1 Å². The highest BCUT2D eigenvalue weighted by atomic mass is 32.1. The minimum Gasteiger partial charge on any atom is -0.375 e. The van der Waals surface area contributed by atoms with Crippen LogP contribution in [0, 0.1) is 5.82 Å². The van der Waals surface area contributed by atoms with Crippen molar-refractivity contribution in [2.45, 2.75) is 26.0 Å². The van der Waals surface area contributed by atoms with Gasteiger partial charge in [0.05, 0.1) is 19.1 Å². The van der Waals surface area contributed by atoms with Crippen molar-refractivity contribution in [3.8, 4) is 11.1 Å². The average Bonchev–Trinajstić information content (AvgIpc) is 2.78. The van der Waals surface area contributed by atoms with E-state index in [-0.39, 0.29) is 37.7 Å². The van der Waals surface area contributed by atoms with Gasteiger partial charge in [0.1, 0.15) is 5.82 Å². The minimum atomic E-state index is -0.309. The minimum absolute atomic E-state index is 0. The third-order valence-electron chi connectivity index (χ3n) is 5.35. The maximum absolute atomic E-state index is 13.2. The number of anilines is 1. The molecule has 5 nitrogen and oxygen atoms in total. The Bertz CT molecular complexity index is 1030. The van der Waals surface area contributed by atoms with E-state index < -0.39 is 0 Å². The van der Waals surface area contributed by atoms with Crippen molar-refractivity contribution in [3.63, 3.8) is 0 Å². The number of nitrogens with zero attached hydrogens (tertiary/aromatic N) is 2. The first kappa shape index (κ1) is 23.8. The topological polar surface area (TPSA) is 54.5 Å². The summed E-state index contributed by atoms with van der Waals surface area (Å²) in [5.41, 5.74) is 4.70. The van der Waals surface area contributed by atoms with Crippen LogP contribution in [-0.2, 0) is 22.5 Å². The van der Waals surface area contributed by atoms with Gasteiger partial charge >= 0.3 is 0 Å². The molecule has 1 aromatic heterocycles. The first-order valence-electron chi connectivity index (χ1n) is 10.5. The van der Waals surface area contributed by atoms with Crippen LogP contribution in [0.5, 0.6) is 0 Å². The molecule has 1 aliphatic heterocycles. The summed E-state index contributed by atoms with van der Waals surface area (Å²) >= 11 is 0. The van der Waals surface area contributed by atoms with E-state index >= 15 is 0 Å². The monoisotopic (exact) mass is 453 g/mol. The zero-order valence-corrected chi connectivity index (χ0v) is 19.1. The number of hydrogen-bond acceptors (Lipinski definition) is 4. The van der Waals surface area contributed by atoms with Crippen molar-refractivity contribution in [2.75, 3.05) is 24.6 Å². The predicted molar refractivity (Wildman–Crippen MR) is 130 cm³/mol. The Morgan fingerprint density at radius 3 is 2.62 bits per heavy atom. The zero-order chi connectivity index (χ0) is 21.6. The van der Waals surface area contributed by atoms with Gasteiger partial charge in [-0.15, -0.1) is 0 Å². The summed E-state index contributed by atoms with van der Waals surface area (Å²) in [6.45, 7) is 4.95. The Balaban J connectivity index is 0.00000289. The lowest BCUT2D eigenvalue weighted by Gasteiger charge is -2.33. The van der Waals surface area contributed by atoms with Crippen molar-refractivity contribution in [1.82, 2.24) is 10.3 Å². The fourth-order valence-electron chi connectivity index (χ4n) is 3.69. The number of benzene rings is 2. The summed E-state index contributed by atoms with van der Waals surface area (Å²) in [6, 6.07) is 18.5. The molecule has 1 saturated heterocycles. The molecule has 0 saturated carbocycles. The Labute approximate surface area is 195 Å². The first-order valence-corrected chi connectivity index (χ1v) is 10.5. The molecule has 3 aromatic rings. The van der Waals surface area contributed by atoms with Gasteiger partial charge in [-0.25, -0.2) is 4.39 Å². The smallest absolute Gasteiger partial charge is 0.226 e. The lowest BCUT2D eigenvalue weighted by atomic mass is 10.1. The molecule has 0 spiro atoms. The number of morpholine rings is 1. The highest BCUT2D eigenvalue weighted by Crippen LogP contribution is 2.24. The average molecular weight is 454 g/mol. The highest BCUT2D eigenvalue weighted by molar-refractivity contribution is 7.59. The number of nitrogens with one attached hydrogen (secondary N) is 1. The molecule has 0 bridgehead atoms. The van der Waals surface area contributed by atoms with Gasteiger partial charge in [-0.3, -0.25) is 9.78 Å². The number of hydrogen-bond donors (Lipinski definition) is 1. The lowest BCUT2D eigenvalue weighted by Crippen LogP contribution is -2.41. The van der Waals surface area contributed by atoms with Gasteiger partial charge in [0.15, 0.2) is 0 Å². The molecule has 1 amide bonds. The fraction of sp³-hybridized carbons (Fsp3) is 0.280. The normalized spacial score (nSPS) is 15.7. The van der Waals surface area contributed by atoms with Crippen LogP contribution in [0.15, 0.2) is 66.9 Å². The van der Waals surface area contributed by atoms with E-state index in [4.69, 9.17) is 4.74 Å². The molecule has 1 aliphatic rings. The lowest BCUT2D eigenvalue weighted by molar-refractivity contribution is -0.120. The first-order chi connectivity index (χ1) is 15.1. The summed E-state index contributed by atoms with van der Waals surface area (Å²) in [4.78, 5) is 19.0.